The molecule has 0 saturated carbocycles. The van der Waals surface area contributed by atoms with Gasteiger partial charge in [-0.1, -0.05) is 11.6 Å². The van der Waals surface area contributed by atoms with Crippen LogP contribution in [0.5, 0.6) is 0 Å². The molecule has 0 saturated heterocycles. The Morgan fingerprint density at radius 3 is 2.83 bits per heavy atom. The smallest absolute Gasteiger partial charge is 0.125 e. The Morgan fingerprint density at radius 2 is 2.08 bits per heavy atom. The van der Waals surface area contributed by atoms with Crippen LogP contribution in [-0.4, -0.2) is 0 Å². The van der Waals surface area contributed by atoms with Crippen molar-refractivity contribution in [2.75, 3.05) is 0 Å². The number of benzene rings is 1. The highest BCUT2D eigenvalue weighted by Gasteiger charge is 2.04. The van der Waals surface area contributed by atoms with Crippen LogP contribution >= 0.6 is 35.6 Å². The van der Waals surface area contributed by atoms with Gasteiger partial charge < -0.3 is 0 Å². The lowest BCUT2D eigenvalue weighted by Crippen LogP contribution is -1.73. The molecular formula is C8H4ClFS2. The largest absolute Gasteiger partial charge is 0.207 e. The molecule has 0 unspecified atom stereocenters. The van der Waals surface area contributed by atoms with Crippen molar-refractivity contribution in [3.05, 3.63) is 28.4 Å². The summed E-state index contributed by atoms with van der Waals surface area (Å²) >= 11 is 11.3. The molecule has 1 aromatic carbocycles. The molecule has 0 nitrogen and oxygen atoms in total. The summed E-state index contributed by atoms with van der Waals surface area (Å²) in [6, 6.07) is 4.58. The van der Waals surface area contributed by atoms with Gasteiger partial charge in [0, 0.05) is 9.60 Å². The number of rotatable bonds is 0. The van der Waals surface area contributed by atoms with Crippen molar-refractivity contribution in [2.45, 2.75) is 4.90 Å². The monoisotopic (exact) mass is 218 g/mol. The molecule has 0 aliphatic carbocycles. The first kappa shape index (κ1) is 8.35. The van der Waals surface area contributed by atoms with E-state index in [2.05, 4.69) is 12.6 Å². The number of hydrogen-bond donors (Lipinski definition) is 1. The van der Waals surface area contributed by atoms with Crippen molar-refractivity contribution in [1.29, 1.82) is 0 Å². The standard InChI is InChI=1S/C8H4ClFS2/c9-7-2-4-1-5(10)3-6(11)8(4)12-7/h1-3,11H. The highest BCUT2D eigenvalue weighted by Crippen LogP contribution is 2.34. The summed E-state index contributed by atoms with van der Waals surface area (Å²) in [7, 11) is 0. The van der Waals surface area contributed by atoms with E-state index in [-0.39, 0.29) is 5.82 Å². The Morgan fingerprint density at radius 1 is 1.33 bits per heavy atom. The van der Waals surface area contributed by atoms with E-state index in [9.17, 15) is 4.39 Å². The summed E-state index contributed by atoms with van der Waals surface area (Å²) in [4.78, 5) is 0.641. The van der Waals surface area contributed by atoms with E-state index < -0.39 is 0 Å². The van der Waals surface area contributed by atoms with Gasteiger partial charge in [0.1, 0.15) is 5.82 Å². The maximum atomic E-state index is 12.8. The second kappa shape index (κ2) is 2.91. The number of thiol groups is 1. The van der Waals surface area contributed by atoms with Crippen LogP contribution in [0.15, 0.2) is 23.1 Å². The molecule has 0 bridgehead atoms. The van der Waals surface area contributed by atoms with Crippen molar-refractivity contribution in [3.63, 3.8) is 0 Å². The summed E-state index contributed by atoms with van der Waals surface area (Å²) in [6.07, 6.45) is 0. The van der Waals surface area contributed by atoms with Crippen molar-refractivity contribution in [2.24, 2.45) is 0 Å². The second-order valence-electron chi connectivity index (χ2n) is 2.39. The normalized spacial score (nSPS) is 10.9. The van der Waals surface area contributed by atoms with Crippen LogP contribution in [0.1, 0.15) is 0 Å². The molecule has 2 aromatic rings. The van der Waals surface area contributed by atoms with Crippen molar-refractivity contribution >= 4 is 45.7 Å². The molecular weight excluding hydrogens is 215 g/mol. The molecule has 0 spiro atoms. The van der Waals surface area contributed by atoms with Gasteiger partial charge in [0.25, 0.3) is 0 Å². The van der Waals surface area contributed by atoms with Gasteiger partial charge in [-0.3, -0.25) is 0 Å². The molecule has 0 amide bonds. The van der Waals surface area contributed by atoms with Crippen LogP contribution < -0.4 is 0 Å². The van der Waals surface area contributed by atoms with E-state index in [1.807, 2.05) is 0 Å². The van der Waals surface area contributed by atoms with Crippen LogP contribution in [0, 0.1) is 5.82 Å². The lowest BCUT2D eigenvalue weighted by atomic mass is 10.2. The van der Waals surface area contributed by atoms with Gasteiger partial charge in [-0.15, -0.1) is 24.0 Å². The van der Waals surface area contributed by atoms with Gasteiger partial charge in [0.05, 0.1) is 4.34 Å². The Bertz CT molecular complexity index is 436. The van der Waals surface area contributed by atoms with Crippen molar-refractivity contribution in [3.8, 4) is 0 Å². The third-order valence-electron chi connectivity index (χ3n) is 1.53. The molecule has 0 atom stereocenters. The van der Waals surface area contributed by atoms with Crippen LogP contribution in [0.2, 0.25) is 4.34 Å². The van der Waals surface area contributed by atoms with E-state index in [1.165, 1.54) is 23.5 Å². The first-order chi connectivity index (χ1) is 5.66. The number of thiophene rings is 1. The summed E-state index contributed by atoms with van der Waals surface area (Å²) in [5, 5.41) is 0.815. The number of halogens is 2. The average molecular weight is 219 g/mol. The zero-order valence-electron chi connectivity index (χ0n) is 5.84. The van der Waals surface area contributed by atoms with Crippen LogP contribution in [-0.2, 0) is 0 Å². The van der Waals surface area contributed by atoms with Crippen molar-refractivity contribution in [1.82, 2.24) is 0 Å². The van der Waals surface area contributed by atoms with Crippen LogP contribution in [0.3, 0.4) is 0 Å². The fourth-order valence-corrected chi connectivity index (χ4v) is 2.59. The molecule has 0 aliphatic heterocycles. The van der Waals surface area contributed by atoms with Crippen LogP contribution in [0.4, 0.5) is 4.39 Å². The minimum Gasteiger partial charge on any atom is -0.207 e. The molecule has 62 valence electrons. The molecule has 0 radical (unpaired) electrons. The van der Waals surface area contributed by atoms with Gasteiger partial charge in [-0.05, 0) is 23.6 Å². The maximum absolute atomic E-state index is 12.8. The first-order valence-corrected chi connectivity index (χ1v) is 4.88. The Labute approximate surface area is 83.4 Å². The first-order valence-electron chi connectivity index (χ1n) is 3.24. The number of hydrogen-bond acceptors (Lipinski definition) is 2. The van der Waals surface area contributed by atoms with Gasteiger partial charge >= 0.3 is 0 Å². The Kier molecular flexibility index (Phi) is 2.02. The third-order valence-corrected chi connectivity index (χ3v) is 3.35. The molecule has 0 aliphatic rings. The molecule has 0 fully saturated rings. The van der Waals surface area contributed by atoms with E-state index in [0.29, 0.717) is 9.23 Å². The highest BCUT2D eigenvalue weighted by atomic mass is 35.5. The quantitative estimate of drug-likeness (QED) is 0.636. The summed E-state index contributed by atoms with van der Waals surface area (Å²) < 4.78 is 14.4. The van der Waals surface area contributed by atoms with Crippen molar-refractivity contribution < 1.29 is 4.39 Å². The average Bonchev–Trinajstić information content (AvgIpc) is 2.29. The summed E-state index contributed by atoms with van der Waals surface area (Å²) in [6.45, 7) is 0. The van der Waals surface area contributed by atoms with E-state index in [4.69, 9.17) is 11.6 Å². The maximum Gasteiger partial charge on any atom is 0.125 e. The Hall–Kier alpha value is -0.250. The van der Waals surface area contributed by atoms with Gasteiger partial charge in [0.2, 0.25) is 0 Å². The summed E-state index contributed by atoms with van der Waals surface area (Å²) in [5.74, 6) is -0.276. The molecule has 0 N–H and O–H groups in total. The predicted octanol–water partition coefficient (Wildman–Crippen LogP) is 3.98. The molecule has 12 heavy (non-hydrogen) atoms. The lowest BCUT2D eigenvalue weighted by Gasteiger charge is -1.93. The predicted molar refractivity (Wildman–Crippen MR) is 54.0 cm³/mol. The van der Waals surface area contributed by atoms with Gasteiger partial charge in [-0.25, -0.2) is 4.39 Å². The van der Waals surface area contributed by atoms with E-state index >= 15 is 0 Å². The van der Waals surface area contributed by atoms with E-state index in [1.54, 1.807) is 6.07 Å². The summed E-state index contributed by atoms with van der Waals surface area (Å²) in [5.41, 5.74) is 0. The topological polar surface area (TPSA) is 0 Å². The lowest BCUT2D eigenvalue weighted by molar-refractivity contribution is 0.627. The molecule has 1 aromatic heterocycles. The minimum absolute atomic E-state index is 0.276. The zero-order valence-corrected chi connectivity index (χ0v) is 8.31. The third kappa shape index (κ3) is 1.32. The molecule has 1 heterocycles. The zero-order chi connectivity index (χ0) is 8.72. The number of fused-ring (bicyclic) bond motifs is 1. The fourth-order valence-electron chi connectivity index (χ4n) is 1.07. The van der Waals surface area contributed by atoms with E-state index in [0.717, 1.165) is 10.1 Å². The Balaban J connectivity index is 2.88. The SMILES string of the molecule is Fc1cc(S)c2sc(Cl)cc2c1. The second-order valence-corrected chi connectivity index (χ2v) is 4.56. The molecule has 2 rings (SSSR count). The van der Waals surface area contributed by atoms with Gasteiger partial charge in [0.15, 0.2) is 0 Å². The fraction of sp³-hybridized carbons (Fsp3) is 0. The van der Waals surface area contributed by atoms with Gasteiger partial charge in [-0.2, -0.15) is 0 Å². The van der Waals surface area contributed by atoms with Crippen LogP contribution in [0.25, 0.3) is 10.1 Å². The molecule has 4 heteroatoms. The highest BCUT2D eigenvalue weighted by molar-refractivity contribution is 7.80. The minimum atomic E-state index is -0.276.